The van der Waals surface area contributed by atoms with Crippen LogP contribution in [0.2, 0.25) is 0 Å². The van der Waals surface area contributed by atoms with Gasteiger partial charge in [-0.2, -0.15) is 5.10 Å². The van der Waals surface area contributed by atoms with Gasteiger partial charge in [-0.05, 0) is 45.6 Å². The Balaban J connectivity index is 1.45. The molecule has 2 aromatic rings. The van der Waals surface area contributed by atoms with Crippen LogP contribution in [0, 0.1) is 5.92 Å². The molecule has 11 heteroatoms. The summed E-state index contributed by atoms with van der Waals surface area (Å²) < 4.78 is 30.7. The topological polar surface area (TPSA) is 124 Å². The summed E-state index contributed by atoms with van der Waals surface area (Å²) in [5, 5.41) is 8.92. The number of rotatable bonds is 6. The first-order valence-electron chi connectivity index (χ1n) is 11.5. The number of aryl methyl sites for hydroxylation is 1. The van der Waals surface area contributed by atoms with Crippen LogP contribution in [0.15, 0.2) is 18.5 Å². The number of hydrogen-bond acceptors (Lipinski definition) is 9. The lowest BCUT2D eigenvalue weighted by Gasteiger charge is -2.40. The van der Waals surface area contributed by atoms with Crippen LogP contribution in [0.4, 0.5) is 5.69 Å². The van der Waals surface area contributed by atoms with Gasteiger partial charge in [0.2, 0.25) is 0 Å². The Kier molecular flexibility index (Phi) is 5.56. The molecule has 2 aromatic heterocycles. The molecule has 1 saturated carbocycles. The molecule has 2 aliphatic heterocycles. The zero-order valence-corrected chi connectivity index (χ0v) is 19.7. The molecule has 3 aliphatic rings. The van der Waals surface area contributed by atoms with Gasteiger partial charge in [-0.25, -0.2) is 18.1 Å². The molecule has 33 heavy (non-hydrogen) atoms. The van der Waals surface area contributed by atoms with E-state index in [1.165, 1.54) is 0 Å². The zero-order chi connectivity index (χ0) is 23.2. The molecule has 0 atom stereocenters. The summed E-state index contributed by atoms with van der Waals surface area (Å²) in [6.07, 6.45) is 7.85. The molecule has 0 radical (unpaired) electrons. The number of ether oxygens (including phenoxy) is 1. The van der Waals surface area contributed by atoms with Crippen LogP contribution < -0.4 is 10.8 Å². The first-order valence-corrected chi connectivity index (χ1v) is 13.3. The molecule has 10 nitrogen and oxygen atoms in total. The smallest absolute Gasteiger partial charge is 0.309 e. The first-order chi connectivity index (χ1) is 15.8. The van der Waals surface area contributed by atoms with E-state index in [2.05, 4.69) is 20.9 Å². The minimum atomic E-state index is -2.95. The zero-order valence-electron chi connectivity index (χ0n) is 18.8. The average Bonchev–Trinajstić information content (AvgIpc) is 3.39. The fourth-order valence-corrected chi connectivity index (χ4v) is 6.36. The molecule has 4 heterocycles. The number of fused-ring (bicyclic) bond motifs is 1. The molecular weight excluding hydrogens is 446 g/mol. The highest BCUT2D eigenvalue weighted by Crippen LogP contribution is 2.47. The fourth-order valence-electron chi connectivity index (χ4n) is 4.87. The minimum Gasteiger partial charge on any atom is -0.466 e. The van der Waals surface area contributed by atoms with Gasteiger partial charge in [0.1, 0.15) is 15.4 Å². The Bertz CT molecular complexity index is 1200. The second kappa shape index (κ2) is 8.28. The van der Waals surface area contributed by atoms with E-state index in [-0.39, 0.29) is 29.4 Å². The summed E-state index contributed by atoms with van der Waals surface area (Å²) in [4.78, 5) is 22.6. The van der Waals surface area contributed by atoms with Gasteiger partial charge < -0.3 is 10.1 Å². The lowest BCUT2D eigenvalue weighted by atomic mass is 9.70. The normalized spacial score (nSPS) is 23.7. The molecule has 1 spiro atoms. The van der Waals surface area contributed by atoms with Crippen LogP contribution in [0.3, 0.4) is 0 Å². The van der Waals surface area contributed by atoms with Crippen LogP contribution in [0.25, 0.3) is 16.7 Å². The quantitative estimate of drug-likeness (QED) is 0.604. The number of anilines is 1. The summed E-state index contributed by atoms with van der Waals surface area (Å²) in [5.74, 6) is 0.0289. The molecule has 2 N–H and O–H groups in total. The van der Waals surface area contributed by atoms with E-state index in [4.69, 9.17) is 9.57 Å². The van der Waals surface area contributed by atoms with Crippen molar-refractivity contribution in [2.24, 2.45) is 5.92 Å². The Morgan fingerprint density at radius 1 is 1.30 bits per heavy atom. The van der Waals surface area contributed by atoms with Crippen LogP contribution in [0.5, 0.6) is 0 Å². The number of nitrogens with zero attached hydrogens (tertiary/aromatic N) is 3. The van der Waals surface area contributed by atoms with Crippen molar-refractivity contribution in [1.82, 2.24) is 20.2 Å². The molecule has 1 saturated heterocycles. The van der Waals surface area contributed by atoms with Gasteiger partial charge >= 0.3 is 5.97 Å². The van der Waals surface area contributed by atoms with Crippen LogP contribution >= 0.6 is 0 Å². The number of carbonyl (C=O) groups is 1. The first kappa shape index (κ1) is 22.1. The van der Waals surface area contributed by atoms with Gasteiger partial charge in [-0.15, -0.1) is 0 Å². The lowest BCUT2D eigenvalue weighted by molar-refractivity contribution is -0.167. The molecule has 178 valence electrons. The van der Waals surface area contributed by atoms with Crippen molar-refractivity contribution in [1.29, 1.82) is 0 Å². The van der Waals surface area contributed by atoms with E-state index < -0.39 is 15.4 Å². The van der Waals surface area contributed by atoms with Crippen molar-refractivity contribution in [3.8, 4) is 0 Å². The summed E-state index contributed by atoms with van der Waals surface area (Å²) in [6, 6.07) is 0.0385. The van der Waals surface area contributed by atoms with E-state index in [0.717, 1.165) is 28.0 Å². The van der Waals surface area contributed by atoms with Gasteiger partial charge in [0.15, 0.2) is 5.65 Å². The lowest BCUT2D eigenvalue weighted by Crippen LogP contribution is -2.47. The minimum absolute atomic E-state index is 0.0385. The van der Waals surface area contributed by atoms with Crippen molar-refractivity contribution in [2.75, 3.05) is 23.4 Å². The number of hydroxylamine groups is 1. The number of nitrogens with one attached hydrogen (secondary N) is 2. The maximum Gasteiger partial charge on any atom is 0.309 e. The predicted molar refractivity (Wildman–Crippen MR) is 123 cm³/mol. The highest BCUT2D eigenvalue weighted by Gasteiger charge is 2.51. The molecule has 1 aliphatic carbocycles. The Morgan fingerprint density at radius 3 is 2.76 bits per heavy atom. The van der Waals surface area contributed by atoms with E-state index in [1.54, 1.807) is 19.3 Å². The number of pyridine rings is 1. The highest BCUT2D eigenvalue weighted by atomic mass is 32.2. The Hall–Kier alpha value is -2.66. The maximum absolute atomic E-state index is 12.0. The number of hydrogen-bond donors (Lipinski definition) is 2. The monoisotopic (exact) mass is 475 g/mol. The molecule has 0 aromatic carbocycles. The number of sulfone groups is 1. The maximum atomic E-state index is 12.0. The van der Waals surface area contributed by atoms with Gasteiger partial charge in [0.25, 0.3) is 0 Å². The number of carbonyl (C=O) groups excluding carboxylic acids is 1. The van der Waals surface area contributed by atoms with E-state index in [9.17, 15) is 13.2 Å². The summed E-state index contributed by atoms with van der Waals surface area (Å²) >= 11 is 0. The van der Waals surface area contributed by atoms with Crippen LogP contribution in [0.1, 0.15) is 45.1 Å². The van der Waals surface area contributed by atoms with Crippen molar-refractivity contribution >= 4 is 38.2 Å². The SMILES string of the molecule is CCOC(=O)C1CC2(C=C(c3cnc4c(cnn4CC)c3NC3CCS(=O)(=O)CC3)NO2)C1. The van der Waals surface area contributed by atoms with E-state index in [1.807, 2.05) is 17.7 Å². The molecular formula is C22H29N5O5S. The van der Waals surface area contributed by atoms with Crippen molar-refractivity contribution in [3.63, 3.8) is 0 Å². The number of aromatic nitrogens is 3. The predicted octanol–water partition coefficient (Wildman–Crippen LogP) is 2.03. The summed E-state index contributed by atoms with van der Waals surface area (Å²) in [7, 11) is -2.95. The Morgan fingerprint density at radius 2 is 2.06 bits per heavy atom. The van der Waals surface area contributed by atoms with Crippen LogP contribution in [-0.4, -0.2) is 58.9 Å². The third-order valence-corrected chi connectivity index (χ3v) is 8.45. The molecule has 2 fully saturated rings. The molecule has 0 bridgehead atoms. The second-order valence-electron chi connectivity index (χ2n) is 9.00. The van der Waals surface area contributed by atoms with Gasteiger partial charge in [0.05, 0.1) is 47.0 Å². The third-order valence-electron chi connectivity index (χ3n) is 6.73. The average molecular weight is 476 g/mol. The standard InChI is InChI=1S/C22H29N5O5S/c1-3-27-20-17(13-24-27)19(25-15-5-7-33(29,30)8-6-15)16(12-23-20)18-11-22(32-26-18)9-14(10-22)21(28)31-4-2/h11-15,26H,3-10H2,1-2H3,(H,23,25). The Labute approximate surface area is 192 Å². The van der Waals surface area contributed by atoms with Crippen molar-refractivity contribution < 1.29 is 22.8 Å². The van der Waals surface area contributed by atoms with Gasteiger partial charge in [-0.1, -0.05) is 0 Å². The van der Waals surface area contributed by atoms with Crippen molar-refractivity contribution in [2.45, 2.75) is 57.7 Å². The second-order valence-corrected chi connectivity index (χ2v) is 11.3. The van der Waals surface area contributed by atoms with E-state index >= 15 is 0 Å². The fraction of sp³-hybridized carbons (Fsp3) is 0.591. The van der Waals surface area contributed by atoms with Crippen LogP contribution in [-0.2, 0) is 30.8 Å². The number of esters is 1. The summed E-state index contributed by atoms with van der Waals surface area (Å²) in [5.41, 5.74) is 5.75. The van der Waals surface area contributed by atoms with E-state index in [0.29, 0.717) is 38.8 Å². The summed E-state index contributed by atoms with van der Waals surface area (Å²) in [6.45, 7) is 4.88. The van der Waals surface area contributed by atoms with Gasteiger partial charge in [0, 0.05) is 24.3 Å². The molecule has 5 rings (SSSR count). The third kappa shape index (κ3) is 4.08. The van der Waals surface area contributed by atoms with Crippen molar-refractivity contribution in [3.05, 3.63) is 24.0 Å². The molecule has 0 amide bonds. The van der Waals surface area contributed by atoms with Gasteiger partial charge in [-0.3, -0.25) is 15.1 Å². The highest BCUT2D eigenvalue weighted by molar-refractivity contribution is 7.91. The molecule has 0 unspecified atom stereocenters. The largest absolute Gasteiger partial charge is 0.466 e.